The molecule has 0 aliphatic carbocycles. The van der Waals surface area contributed by atoms with Gasteiger partial charge in [0.25, 0.3) is 0 Å². The van der Waals surface area contributed by atoms with Gasteiger partial charge in [-0.05, 0) is 30.7 Å². The number of nitrogens with one attached hydrogen (secondary N) is 1. The average molecular weight is 327 g/mol. The summed E-state index contributed by atoms with van der Waals surface area (Å²) in [6.07, 6.45) is 1.70. The van der Waals surface area contributed by atoms with Gasteiger partial charge >= 0.3 is 0 Å². The molecule has 0 spiro atoms. The van der Waals surface area contributed by atoms with E-state index in [0.29, 0.717) is 10.7 Å². The van der Waals surface area contributed by atoms with E-state index in [1.807, 2.05) is 24.4 Å². The predicted molar refractivity (Wildman–Crippen MR) is 88.8 cm³/mol. The quantitative estimate of drug-likeness (QED) is 0.792. The van der Waals surface area contributed by atoms with Crippen molar-refractivity contribution in [1.82, 2.24) is 9.97 Å². The van der Waals surface area contributed by atoms with Crippen LogP contribution in [-0.2, 0) is 11.2 Å². The van der Waals surface area contributed by atoms with Crippen LogP contribution in [-0.4, -0.2) is 15.9 Å². The van der Waals surface area contributed by atoms with E-state index in [-0.39, 0.29) is 18.1 Å². The second-order valence-electron chi connectivity index (χ2n) is 5.04. The minimum atomic E-state index is -0.380. The van der Waals surface area contributed by atoms with E-state index in [4.69, 9.17) is 0 Å². The molecule has 6 heteroatoms. The highest BCUT2D eigenvalue weighted by atomic mass is 32.1. The topological polar surface area (TPSA) is 54.9 Å². The molecular formula is C17H14FN3OS. The molecule has 0 saturated heterocycles. The SMILES string of the molecule is Cc1cc(-c2csc(NC(=O)Cc3ccccc3F)n2)ccn1. The van der Waals surface area contributed by atoms with Crippen LogP contribution in [0.25, 0.3) is 11.3 Å². The number of hydrogen-bond donors (Lipinski definition) is 1. The summed E-state index contributed by atoms with van der Waals surface area (Å²) in [6, 6.07) is 10.0. The van der Waals surface area contributed by atoms with Crippen molar-refractivity contribution in [2.24, 2.45) is 0 Å². The summed E-state index contributed by atoms with van der Waals surface area (Å²) in [5.74, 6) is -0.670. The van der Waals surface area contributed by atoms with E-state index >= 15 is 0 Å². The minimum Gasteiger partial charge on any atom is -0.302 e. The van der Waals surface area contributed by atoms with E-state index in [9.17, 15) is 9.18 Å². The first kappa shape index (κ1) is 15.3. The lowest BCUT2D eigenvalue weighted by Crippen LogP contribution is -2.15. The van der Waals surface area contributed by atoms with Gasteiger partial charge in [-0.25, -0.2) is 9.37 Å². The summed E-state index contributed by atoms with van der Waals surface area (Å²) in [7, 11) is 0. The fourth-order valence-electron chi connectivity index (χ4n) is 2.15. The van der Waals surface area contributed by atoms with E-state index in [1.54, 1.807) is 24.4 Å². The van der Waals surface area contributed by atoms with Gasteiger partial charge in [0.05, 0.1) is 12.1 Å². The lowest BCUT2D eigenvalue weighted by molar-refractivity contribution is -0.115. The normalized spacial score (nSPS) is 10.5. The number of carbonyl (C=O) groups excluding carboxylic acids is 1. The first-order chi connectivity index (χ1) is 11.1. The van der Waals surface area contributed by atoms with Gasteiger partial charge in [-0.15, -0.1) is 11.3 Å². The molecule has 0 saturated carbocycles. The van der Waals surface area contributed by atoms with E-state index in [2.05, 4.69) is 15.3 Å². The number of anilines is 1. The predicted octanol–water partition coefficient (Wildman–Crippen LogP) is 3.83. The monoisotopic (exact) mass is 327 g/mol. The van der Waals surface area contributed by atoms with Crippen molar-refractivity contribution in [2.45, 2.75) is 13.3 Å². The fourth-order valence-corrected chi connectivity index (χ4v) is 2.88. The van der Waals surface area contributed by atoms with E-state index < -0.39 is 0 Å². The molecule has 4 nitrogen and oxygen atoms in total. The van der Waals surface area contributed by atoms with Gasteiger partial charge in [0.15, 0.2) is 5.13 Å². The van der Waals surface area contributed by atoms with Crippen LogP contribution in [0, 0.1) is 12.7 Å². The number of halogens is 1. The van der Waals surface area contributed by atoms with Gasteiger partial charge in [0, 0.05) is 22.8 Å². The molecule has 0 aliphatic heterocycles. The van der Waals surface area contributed by atoms with Crippen LogP contribution in [0.5, 0.6) is 0 Å². The molecule has 0 bridgehead atoms. The number of benzene rings is 1. The number of aromatic nitrogens is 2. The number of pyridine rings is 1. The number of nitrogens with zero attached hydrogens (tertiary/aromatic N) is 2. The maximum atomic E-state index is 13.6. The van der Waals surface area contributed by atoms with Crippen molar-refractivity contribution in [2.75, 3.05) is 5.32 Å². The van der Waals surface area contributed by atoms with Gasteiger partial charge in [0.1, 0.15) is 5.82 Å². The molecule has 3 rings (SSSR count). The smallest absolute Gasteiger partial charge is 0.230 e. The number of carbonyl (C=O) groups is 1. The zero-order valence-corrected chi connectivity index (χ0v) is 13.2. The Kier molecular flexibility index (Phi) is 4.43. The molecule has 116 valence electrons. The lowest BCUT2D eigenvalue weighted by atomic mass is 10.1. The van der Waals surface area contributed by atoms with Crippen molar-refractivity contribution in [3.63, 3.8) is 0 Å². The number of hydrogen-bond acceptors (Lipinski definition) is 4. The molecular weight excluding hydrogens is 313 g/mol. The molecule has 2 aromatic heterocycles. The van der Waals surface area contributed by atoms with Gasteiger partial charge in [0.2, 0.25) is 5.91 Å². The molecule has 0 atom stereocenters. The summed E-state index contributed by atoms with van der Waals surface area (Å²) in [6.45, 7) is 1.91. The van der Waals surface area contributed by atoms with E-state index in [1.165, 1.54) is 17.4 Å². The molecule has 2 heterocycles. The third-order valence-corrected chi connectivity index (χ3v) is 4.01. The van der Waals surface area contributed by atoms with E-state index in [0.717, 1.165) is 17.0 Å². The molecule has 0 fully saturated rings. The Bertz CT molecular complexity index is 847. The Morgan fingerprint density at radius 1 is 1.30 bits per heavy atom. The summed E-state index contributed by atoms with van der Waals surface area (Å²) < 4.78 is 13.6. The first-order valence-electron chi connectivity index (χ1n) is 7.03. The highest BCUT2D eigenvalue weighted by Crippen LogP contribution is 2.25. The van der Waals surface area contributed by atoms with Gasteiger partial charge < -0.3 is 5.32 Å². The summed E-state index contributed by atoms with van der Waals surface area (Å²) in [4.78, 5) is 20.5. The standard InChI is InChI=1S/C17H14FN3OS/c1-11-8-13(6-7-19-11)15-10-23-17(20-15)21-16(22)9-12-4-2-3-5-14(12)18/h2-8,10H,9H2,1H3,(H,20,21,22). The van der Waals surface area contributed by atoms with Crippen LogP contribution in [0.4, 0.5) is 9.52 Å². The van der Waals surface area contributed by atoms with Crippen molar-refractivity contribution in [3.8, 4) is 11.3 Å². The summed E-state index contributed by atoms with van der Waals surface area (Å²) in [5, 5.41) is 5.07. The average Bonchev–Trinajstić information content (AvgIpc) is 2.98. The Morgan fingerprint density at radius 3 is 2.91 bits per heavy atom. The maximum absolute atomic E-state index is 13.6. The van der Waals surface area contributed by atoms with Crippen molar-refractivity contribution < 1.29 is 9.18 Å². The van der Waals surface area contributed by atoms with Gasteiger partial charge in [-0.2, -0.15) is 0 Å². The Balaban J connectivity index is 1.69. The van der Waals surface area contributed by atoms with Crippen LogP contribution < -0.4 is 5.32 Å². The second kappa shape index (κ2) is 6.66. The number of aryl methyl sites for hydroxylation is 1. The highest BCUT2D eigenvalue weighted by molar-refractivity contribution is 7.14. The van der Waals surface area contributed by atoms with Crippen LogP contribution in [0.3, 0.4) is 0 Å². The Labute approximate surface area is 137 Å². The fraction of sp³-hybridized carbons (Fsp3) is 0.118. The summed E-state index contributed by atoms with van der Waals surface area (Å²) >= 11 is 1.34. The highest BCUT2D eigenvalue weighted by Gasteiger charge is 2.11. The molecule has 3 aromatic rings. The molecule has 0 aliphatic rings. The van der Waals surface area contributed by atoms with Crippen molar-refractivity contribution in [1.29, 1.82) is 0 Å². The molecule has 1 amide bonds. The minimum absolute atomic E-state index is 0.0179. The number of thiazole rings is 1. The first-order valence-corrected chi connectivity index (χ1v) is 7.91. The number of amides is 1. The Hall–Kier alpha value is -2.60. The zero-order chi connectivity index (χ0) is 16.2. The number of rotatable bonds is 4. The third-order valence-electron chi connectivity index (χ3n) is 3.25. The van der Waals surface area contributed by atoms with Crippen LogP contribution in [0.1, 0.15) is 11.3 Å². The largest absolute Gasteiger partial charge is 0.302 e. The molecule has 0 radical (unpaired) electrons. The lowest BCUT2D eigenvalue weighted by Gasteiger charge is -2.03. The second-order valence-corrected chi connectivity index (χ2v) is 5.90. The van der Waals surface area contributed by atoms with Crippen molar-refractivity contribution in [3.05, 3.63) is 65.0 Å². The van der Waals surface area contributed by atoms with Gasteiger partial charge in [-0.3, -0.25) is 9.78 Å². The molecule has 1 N–H and O–H groups in total. The summed E-state index contributed by atoms with van der Waals surface area (Å²) in [5.41, 5.74) is 3.00. The van der Waals surface area contributed by atoms with Crippen molar-refractivity contribution >= 4 is 22.4 Å². The van der Waals surface area contributed by atoms with Crippen LogP contribution >= 0.6 is 11.3 Å². The maximum Gasteiger partial charge on any atom is 0.230 e. The Morgan fingerprint density at radius 2 is 2.13 bits per heavy atom. The van der Waals surface area contributed by atoms with Gasteiger partial charge in [-0.1, -0.05) is 18.2 Å². The van der Waals surface area contributed by atoms with Crippen LogP contribution in [0.15, 0.2) is 48.0 Å². The third kappa shape index (κ3) is 3.78. The molecule has 1 aromatic carbocycles. The molecule has 23 heavy (non-hydrogen) atoms. The molecule has 0 unspecified atom stereocenters. The zero-order valence-electron chi connectivity index (χ0n) is 12.4. The van der Waals surface area contributed by atoms with Crippen LogP contribution in [0.2, 0.25) is 0 Å².